The molecule has 1 rings (SSSR count). The molecule has 0 fully saturated rings. The smallest absolute Gasteiger partial charge is 0.0349 e. The van der Waals surface area contributed by atoms with Gasteiger partial charge in [0.15, 0.2) is 0 Å². The Bertz CT molecular complexity index is 487. The minimum atomic E-state index is 0.499. The van der Waals surface area contributed by atoms with Crippen molar-refractivity contribution in [2.75, 3.05) is 5.73 Å². The van der Waals surface area contributed by atoms with Crippen molar-refractivity contribution < 1.29 is 0 Å². The summed E-state index contributed by atoms with van der Waals surface area (Å²) in [7, 11) is 0. The predicted molar refractivity (Wildman–Crippen MR) is 119 cm³/mol. The molecule has 0 saturated carbocycles. The average molecular weight is 360 g/mol. The highest BCUT2D eigenvalue weighted by Crippen LogP contribution is 2.33. The zero-order valence-corrected chi connectivity index (χ0v) is 18.5. The lowest BCUT2D eigenvalue weighted by atomic mass is 9.82. The van der Waals surface area contributed by atoms with Gasteiger partial charge >= 0.3 is 0 Å². The van der Waals surface area contributed by atoms with E-state index in [1.54, 1.807) is 0 Å². The fourth-order valence-corrected chi connectivity index (χ4v) is 4.01. The second-order valence-electron chi connectivity index (χ2n) is 9.34. The van der Waals surface area contributed by atoms with E-state index in [1.807, 2.05) is 0 Å². The molecule has 0 radical (unpaired) electrons. The summed E-state index contributed by atoms with van der Waals surface area (Å²) in [6, 6.07) is 6.76. The van der Waals surface area contributed by atoms with E-state index >= 15 is 0 Å². The van der Waals surface area contributed by atoms with Gasteiger partial charge in [-0.25, -0.2) is 0 Å². The Hall–Kier alpha value is -0.980. The van der Waals surface area contributed by atoms with E-state index in [9.17, 15) is 0 Å². The summed E-state index contributed by atoms with van der Waals surface area (Å²) in [6.45, 7) is 13.9. The van der Waals surface area contributed by atoms with E-state index in [-0.39, 0.29) is 0 Å². The third kappa shape index (κ3) is 8.60. The number of rotatable bonds is 13. The van der Waals surface area contributed by atoms with Crippen LogP contribution >= 0.6 is 0 Å². The molecule has 0 aliphatic rings. The van der Waals surface area contributed by atoms with Gasteiger partial charge in [-0.2, -0.15) is 0 Å². The van der Waals surface area contributed by atoms with Gasteiger partial charge in [0.25, 0.3) is 0 Å². The molecule has 26 heavy (non-hydrogen) atoms. The molecule has 0 amide bonds. The first kappa shape index (κ1) is 23.1. The molecule has 2 N–H and O–H groups in total. The minimum Gasteiger partial charge on any atom is -0.398 e. The number of anilines is 1. The summed E-state index contributed by atoms with van der Waals surface area (Å²) < 4.78 is 0. The highest BCUT2D eigenvalue weighted by Gasteiger charge is 2.17. The lowest BCUT2D eigenvalue weighted by Crippen LogP contribution is -2.09. The van der Waals surface area contributed by atoms with Crippen LogP contribution in [-0.2, 0) is 0 Å². The lowest BCUT2D eigenvalue weighted by molar-refractivity contribution is 0.439. The van der Waals surface area contributed by atoms with Crippen molar-refractivity contribution in [1.29, 1.82) is 0 Å². The summed E-state index contributed by atoms with van der Waals surface area (Å²) in [5.41, 5.74) is 9.93. The molecule has 0 spiro atoms. The maximum absolute atomic E-state index is 6.17. The molecule has 1 heteroatoms. The van der Waals surface area contributed by atoms with Crippen LogP contribution in [0.5, 0.6) is 0 Å². The highest BCUT2D eigenvalue weighted by atomic mass is 14.6. The van der Waals surface area contributed by atoms with Gasteiger partial charge in [-0.05, 0) is 47.3 Å². The molecule has 0 aliphatic heterocycles. The molecular weight excluding hydrogens is 314 g/mol. The van der Waals surface area contributed by atoms with Crippen LogP contribution in [-0.4, -0.2) is 0 Å². The van der Waals surface area contributed by atoms with Gasteiger partial charge in [-0.15, -0.1) is 0 Å². The van der Waals surface area contributed by atoms with Crippen LogP contribution in [0.3, 0.4) is 0 Å². The van der Waals surface area contributed by atoms with E-state index in [4.69, 9.17) is 5.73 Å². The van der Waals surface area contributed by atoms with Gasteiger partial charge in [-0.1, -0.05) is 105 Å². The van der Waals surface area contributed by atoms with Crippen molar-refractivity contribution in [3.63, 3.8) is 0 Å². The maximum Gasteiger partial charge on any atom is 0.0349 e. The Morgan fingerprint density at radius 3 is 1.77 bits per heavy atom. The van der Waals surface area contributed by atoms with Crippen LogP contribution in [0.4, 0.5) is 5.69 Å². The van der Waals surface area contributed by atoms with Crippen molar-refractivity contribution in [3.05, 3.63) is 29.3 Å². The van der Waals surface area contributed by atoms with Crippen LogP contribution in [0.25, 0.3) is 0 Å². The molecule has 0 heterocycles. The van der Waals surface area contributed by atoms with Crippen LogP contribution < -0.4 is 5.73 Å². The third-order valence-corrected chi connectivity index (χ3v) is 5.76. The van der Waals surface area contributed by atoms with Gasteiger partial charge < -0.3 is 5.73 Å². The normalized spacial score (nSPS) is 13.1. The number of nitrogen functional groups attached to an aromatic ring is 1. The van der Waals surface area contributed by atoms with Crippen molar-refractivity contribution in [2.24, 2.45) is 11.8 Å². The Morgan fingerprint density at radius 1 is 0.731 bits per heavy atom. The molecule has 0 bridgehead atoms. The molecule has 1 aromatic carbocycles. The SMILES string of the molecule is CC(C)CCCCCCCCCC(c1ccc(N)c(C(C)C)c1)C(C)C. The number of benzene rings is 1. The average Bonchev–Trinajstić information content (AvgIpc) is 2.56. The summed E-state index contributed by atoms with van der Waals surface area (Å²) in [4.78, 5) is 0. The number of hydrogen-bond acceptors (Lipinski definition) is 1. The van der Waals surface area contributed by atoms with Crippen LogP contribution in [0, 0.1) is 11.8 Å². The molecule has 1 unspecified atom stereocenters. The standard InChI is InChI=1S/C25H45N/c1-19(2)14-12-10-8-7-9-11-13-15-23(20(3)4)22-16-17-25(26)24(18-22)21(5)6/h16-21,23H,7-15,26H2,1-6H3. The quantitative estimate of drug-likeness (QED) is 0.278. The van der Waals surface area contributed by atoms with E-state index in [0.717, 1.165) is 11.6 Å². The Kier molecular flexibility index (Phi) is 11.0. The summed E-state index contributed by atoms with van der Waals surface area (Å²) >= 11 is 0. The Labute approximate surface area is 164 Å². The first-order chi connectivity index (χ1) is 12.3. The maximum atomic E-state index is 6.17. The predicted octanol–water partition coefficient (Wildman–Crippen LogP) is 8.30. The molecule has 0 aromatic heterocycles. The van der Waals surface area contributed by atoms with Crippen LogP contribution in [0.15, 0.2) is 18.2 Å². The van der Waals surface area contributed by atoms with Crippen LogP contribution in [0.2, 0.25) is 0 Å². The molecular formula is C25H45N. The molecule has 1 atom stereocenters. The van der Waals surface area contributed by atoms with Gasteiger partial charge in [-0.3, -0.25) is 0 Å². The fraction of sp³-hybridized carbons (Fsp3) is 0.760. The van der Waals surface area contributed by atoms with Crippen molar-refractivity contribution >= 4 is 5.69 Å². The van der Waals surface area contributed by atoms with E-state index in [0.29, 0.717) is 17.8 Å². The lowest BCUT2D eigenvalue weighted by Gasteiger charge is -2.23. The van der Waals surface area contributed by atoms with Gasteiger partial charge in [0, 0.05) is 5.69 Å². The summed E-state index contributed by atoms with van der Waals surface area (Å²) in [5.74, 6) is 2.72. The van der Waals surface area contributed by atoms with Crippen molar-refractivity contribution in [3.8, 4) is 0 Å². The van der Waals surface area contributed by atoms with Crippen LogP contribution in [0.1, 0.15) is 122 Å². The number of hydrogen-bond donors (Lipinski definition) is 1. The summed E-state index contributed by atoms with van der Waals surface area (Å²) in [6.07, 6.45) is 12.6. The van der Waals surface area contributed by atoms with Crippen molar-refractivity contribution in [2.45, 2.75) is 111 Å². The topological polar surface area (TPSA) is 26.0 Å². The molecule has 1 nitrogen and oxygen atoms in total. The second-order valence-corrected chi connectivity index (χ2v) is 9.34. The molecule has 150 valence electrons. The second kappa shape index (κ2) is 12.4. The highest BCUT2D eigenvalue weighted by molar-refractivity contribution is 5.50. The Morgan fingerprint density at radius 2 is 1.27 bits per heavy atom. The zero-order valence-electron chi connectivity index (χ0n) is 18.5. The monoisotopic (exact) mass is 359 g/mol. The Balaban J connectivity index is 2.37. The summed E-state index contributed by atoms with van der Waals surface area (Å²) in [5, 5.41) is 0. The van der Waals surface area contributed by atoms with E-state index in [1.165, 1.54) is 68.9 Å². The van der Waals surface area contributed by atoms with Gasteiger partial charge in [0.2, 0.25) is 0 Å². The van der Waals surface area contributed by atoms with Gasteiger partial charge in [0.1, 0.15) is 0 Å². The third-order valence-electron chi connectivity index (χ3n) is 5.76. The largest absolute Gasteiger partial charge is 0.398 e. The van der Waals surface area contributed by atoms with E-state index < -0.39 is 0 Å². The molecule has 0 aliphatic carbocycles. The fourth-order valence-electron chi connectivity index (χ4n) is 4.01. The van der Waals surface area contributed by atoms with E-state index in [2.05, 4.69) is 59.7 Å². The molecule has 0 saturated heterocycles. The number of nitrogens with two attached hydrogens (primary N) is 1. The molecule has 1 aromatic rings. The first-order valence-corrected chi connectivity index (χ1v) is 11.2. The first-order valence-electron chi connectivity index (χ1n) is 11.2. The van der Waals surface area contributed by atoms with Gasteiger partial charge in [0.05, 0.1) is 0 Å². The zero-order chi connectivity index (χ0) is 19.5. The minimum absolute atomic E-state index is 0.499. The van der Waals surface area contributed by atoms with Crippen molar-refractivity contribution in [1.82, 2.24) is 0 Å². The number of unbranched alkanes of at least 4 members (excludes halogenated alkanes) is 6.